The molecule has 3 rings (SSSR count). The number of benzene rings is 1. The second kappa shape index (κ2) is 8.41. The van der Waals surface area contributed by atoms with Gasteiger partial charge in [0.05, 0.1) is 18.2 Å². The zero-order valence-electron chi connectivity index (χ0n) is 15.9. The molecular weight excluding hydrogens is 346 g/mol. The Bertz CT molecular complexity index is 713. The molecule has 2 aliphatic rings. The molecule has 1 aromatic carbocycles. The lowest BCUT2D eigenvalue weighted by molar-refractivity contribution is -0.130. The van der Waals surface area contributed by atoms with Crippen LogP contribution in [0.1, 0.15) is 33.1 Å². The zero-order chi connectivity index (χ0) is 19.4. The molecule has 0 unspecified atom stereocenters. The largest absolute Gasteiger partial charge is 0.492 e. The third kappa shape index (κ3) is 4.40. The minimum absolute atomic E-state index is 0.0614. The number of carbonyl (C=O) groups excluding carboxylic acids is 3. The Balaban J connectivity index is 1.59. The van der Waals surface area contributed by atoms with Crippen molar-refractivity contribution in [3.05, 3.63) is 24.3 Å². The highest BCUT2D eigenvalue weighted by atomic mass is 16.5. The van der Waals surface area contributed by atoms with Crippen LogP contribution in [0.5, 0.6) is 5.75 Å². The number of para-hydroxylation sites is 2. The first-order valence-electron chi connectivity index (χ1n) is 9.57. The van der Waals surface area contributed by atoms with E-state index in [0.717, 1.165) is 18.5 Å². The van der Waals surface area contributed by atoms with Crippen molar-refractivity contribution in [1.82, 2.24) is 10.2 Å². The number of nitrogens with zero attached hydrogens (tertiary/aromatic N) is 2. The van der Waals surface area contributed by atoms with E-state index >= 15 is 0 Å². The molecule has 2 aliphatic heterocycles. The number of hydrogen-bond donors (Lipinski definition) is 1. The number of nitrogens with one attached hydrogen (secondary N) is 1. The van der Waals surface area contributed by atoms with Crippen LogP contribution < -0.4 is 15.0 Å². The first kappa shape index (κ1) is 19.2. The van der Waals surface area contributed by atoms with Crippen LogP contribution in [0.15, 0.2) is 24.3 Å². The van der Waals surface area contributed by atoms with Crippen LogP contribution in [0.2, 0.25) is 0 Å². The number of likely N-dealkylation sites (tertiary alicyclic amines) is 1. The van der Waals surface area contributed by atoms with Gasteiger partial charge in [0.15, 0.2) is 0 Å². The molecule has 7 nitrogen and oxygen atoms in total. The SMILES string of the molecule is CCOc1ccccc1N1C[C@@H](C(=O)NC2CCN(C(C)=O)CC2)CC1=O. The van der Waals surface area contributed by atoms with Crippen molar-refractivity contribution in [3.8, 4) is 5.75 Å². The molecule has 0 saturated carbocycles. The summed E-state index contributed by atoms with van der Waals surface area (Å²) in [6, 6.07) is 7.48. The zero-order valence-corrected chi connectivity index (χ0v) is 15.9. The van der Waals surface area contributed by atoms with Gasteiger partial charge in [-0.1, -0.05) is 12.1 Å². The summed E-state index contributed by atoms with van der Waals surface area (Å²) in [5.74, 6) is 0.225. The molecular formula is C20H27N3O4. The topological polar surface area (TPSA) is 79.0 Å². The molecule has 0 spiro atoms. The maximum atomic E-state index is 12.7. The van der Waals surface area contributed by atoms with E-state index in [-0.39, 0.29) is 36.1 Å². The van der Waals surface area contributed by atoms with Crippen LogP contribution >= 0.6 is 0 Å². The summed E-state index contributed by atoms with van der Waals surface area (Å²) in [7, 11) is 0. The predicted octanol–water partition coefficient (Wildman–Crippen LogP) is 1.57. The first-order chi connectivity index (χ1) is 13.0. The third-order valence-corrected chi connectivity index (χ3v) is 5.24. The van der Waals surface area contributed by atoms with Gasteiger partial charge in [0.25, 0.3) is 0 Å². The van der Waals surface area contributed by atoms with E-state index in [2.05, 4.69) is 5.32 Å². The number of piperidine rings is 1. The van der Waals surface area contributed by atoms with Crippen LogP contribution in [0.25, 0.3) is 0 Å². The monoisotopic (exact) mass is 373 g/mol. The van der Waals surface area contributed by atoms with Crippen LogP contribution in [0.4, 0.5) is 5.69 Å². The van der Waals surface area contributed by atoms with Gasteiger partial charge >= 0.3 is 0 Å². The lowest BCUT2D eigenvalue weighted by atomic mass is 10.0. The molecule has 1 N–H and O–H groups in total. The van der Waals surface area contributed by atoms with Crippen molar-refractivity contribution in [2.45, 2.75) is 39.2 Å². The van der Waals surface area contributed by atoms with Crippen LogP contribution in [0.3, 0.4) is 0 Å². The fourth-order valence-electron chi connectivity index (χ4n) is 3.73. The van der Waals surface area contributed by atoms with Crippen molar-refractivity contribution in [2.75, 3.05) is 31.1 Å². The Kier molecular flexibility index (Phi) is 5.98. The minimum atomic E-state index is -0.363. The number of anilines is 1. The molecule has 0 aliphatic carbocycles. The number of ether oxygens (including phenoxy) is 1. The molecule has 0 bridgehead atoms. The minimum Gasteiger partial charge on any atom is -0.492 e. The van der Waals surface area contributed by atoms with Crippen molar-refractivity contribution in [2.24, 2.45) is 5.92 Å². The Morgan fingerprint density at radius 2 is 1.93 bits per heavy atom. The van der Waals surface area contributed by atoms with Crippen LogP contribution in [-0.4, -0.2) is 54.9 Å². The van der Waals surface area contributed by atoms with E-state index in [9.17, 15) is 14.4 Å². The molecule has 2 heterocycles. The van der Waals surface area contributed by atoms with E-state index < -0.39 is 0 Å². The van der Waals surface area contributed by atoms with E-state index in [1.807, 2.05) is 31.2 Å². The highest BCUT2D eigenvalue weighted by Crippen LogP contribution is 2.33. The molecule has 27 heavy (non-hydrogen) atoms. The van der Waals surface area contributed by atoms with E-state index in [4.69, 9.17) is 4.74 Å². The van der Waals surface area contributed by atoms with Crippen molar-refractivity contribution in [3.63, 3.8) is 0 Å². The first-order valence-corrected chi connectivity index (χ1v) is 9.57. The highest BCUT2D eigenvalue weighted by molar-refractivity contribution is 6.01. The fraction of sp³-hybridized carbons (Fsp3) is 0.550. The van der Waals surface area contributed by atoms with E-state index in [1.54, 1.807) is 16.7 Å². The highest BCUT2D eigenvalue weighted by Gasteiger charge is 2.37. The molecule has 0 radical (unpaired) electrons. The van der Waals surface area contributed by atoms with Gasteiger partial charge in [0.2, 0.25) is 17.7 Å². The molecule has 2 fully saturated rings. The maximum Gasteiger partial charge on any atom is 0.227 e. The number of rotatable bonds is 5. The van der Waals surface area contributed by atoms with Crippen LogP contribution in [0, 0.1) is 5.92 Å². The van der Waals surface area contributed by atoms with Crippen molar-refractivity contribution < 1.29 is 19.1 Å². The van der Waals surface area contributed by atoms with Gasteiger partial charge in [-0.15, -0.1) is 0 Å². The molecule has 7 heteroatoms. The smallest absolute Gasteiger partial charge is 0.227 e. The molecule has 1 aromatic rings. The van der Waals surface area contributed by atoms with Crippen molar-refractivity contribution in [1.29, 1.82) is 0 Å². The van der Waals surface area contributed by atoms with E-state index in [1.165, 1.54) is 0 Å². The lowest BCUT2D eigenvalue weighted by Crippen LogP contribution is -2.47. The maximum absolute atomic E-state index is 12.7. The second-order valence-electron chi connectivity index (χ2n) is 7.10. The predicted molar refractivity (Wildman–Crippen MR) is 101 cm³/mol. The van der Waals surface area contributed by atoms with Gasteiger partial charge in [0, 0.05) is 39.0 Å². The van der Waals surface area contributed by atoms with Crippen LogP contribution in [-0.2, 0) is 14.4 Å². The summed E-state index contributed by atoms with van der Waals surface area (Å²) in [5.41, 5.74) is 0.717. The number of amides is 3. The number of carbonyl (C=O) groups is 3. The van der Waals surface area contributed by atoms with Gasteiger partial charge < -0.3 is 19.9 Å². The Morgan fingerprint density at radius 3 is 2.59 bits per heavy atom. The summed E-state index contributed by atoms with van der Waals surface area (Å²) < 4.78 is 5.62. The Labute approximate surface area is 159 Å². The van der Waals surface area contributed by atoms with Gasteiger partial charge in [0.1, 0.15) is 5.75 Å². The summed E-state index contributed by atoms with van der Waals surface area (Å²) in [6.45, 7) is 5.67. The molecule has 2 saturated heterocycles. The summed E-state index contributed by atoms with van der Waals surface area (Å²) >= 11 is 0. The second-order valence-corrected chi connectivity index (χ2v) is 7.10. The average Bonchev–Trinajstić information content (AvgIpc) is 3.05. The average molecular weight is 373 g/mol. The fourth-order valence-corrected chi connectivity index (χ4v) is 3.73. The molecule has 1 atom stereocenters. The molecule has 0 aromatic heterocycles. The normalized spacial score (nSPS) is 20.7. The lowest BCUT2D eigenvalue weighted by Gasteiger charge is -2.32. The summed E-state index contributed by atoms with van der Waals surface area (Å²) in [5, 5.41) is 3.07. The standard InChI is InChI=1S/C20H27N3O4/c1-3-27-18-7-5-4-6-17(18)23-13-15(12-19(23)25)20(26)21-16-8-10-22(11-9-16)14(2)24/h4-7,15-16H,3,8-13H2,1-2H3,(H,21,26)/t15-/m0/s1. The number of hydrogen-bond acceptors (Lipinski definition) is 4. The molecule has 3 amide bonds. The van der Waals surface area contributed by atoms with Crippen molar-refractivity contribution >= 4 is 23.4 Å². The van der Waals surface area contributed by atoms with Gasteiger partial charge in [-0.05, 0) is 31.9 Å². The van der Waals surface area contributed by atoms with Gasteiger partial charge in [-0.3, -0.25) is 14.4 Å². The summed E-state index contributed by atoms with van der Waals surface area (Å²) in [4.78, 5) is 40.0. The Hall–Kier alpha value is -2.57. The van der Waals surface area contributed by atoms with Gasteiger partial charge in [-0.25, -0.2) is 0 Å². The van der Waals surface area contributed by atoms with Gasteiger partial charge in [-0.2, -0.15) is 0 Å². The third-order valence-electron chi connectivity index (χ3n) is 5.24. The Morgan fingerprint density at radius 1 is 1.22 bits per heavy atom. The van der Waals surface area contributed by atoms with E-state index in [0.29, 0.717) is 32.0 Å². The summed E-state index contributed by atoms with van der Waals surface area (Å²) in [6.07, 6.45) is 1.71. The quantitative estimate of drug-likeness (QED) is 0.850. The molecule has 146 valence electrons.